The molecule has 0 aliphatic heterocycles. The van der Waals surface area contributed by atoms with Gasteiger partial charge in [-0.05, 0) is 24.3 Å². The number of rotatable bonds is 4. The Balaban J connectivity index is 2.63. The molecule has 88 valence electrons. The molecule has 0 aromatic heterocycles. The first-order valence-electron chi connectivity index (χ1n) is 4.39. The van der Waals surface area contributed by atoms with Crippen LogP contribution in [-0.2, 0) is 4.57 Å². The Bertz CT molecular complexity index is 410. The van der Waals surface area contributed by atoms with Crippen LogP contribution in [0.3, 0.4) is 0 Å². The van der Waals surface area contributed by atoms with Gasteiger partial charge in [0.2, 0.25) is 0 Å². The fourth-order valence-corrected chi connectivity index (χ4v) is 1.37. The highest BCUT2D eigenvalue weighted by atomic mass is 31.2. The van der Waals surface area contributed by atoms with Crippen LogP contribution in [0.2, 0.25) is 0 Å². The first kappa shape index (κ1) is 12.7. The molecule has 6 nitrogen and oxygen atoms in total. The van der Waals surface area contributed by atoms with Gasteiger partial charge in [0.05, 0.1) is 7.11 Å². The molecule has 0 heterocycles. The number of hydrogen-bond acceptors (Lipinski definition) is 3. The van der Waals surface area contributed by atoms with E-state index in [1.807, 2.05) is 0 Å². The molecule has 0 radical (unpaired) electrons. The molecular formula is C9H12NO5P. The van der Waals surface area contributed by atoms with Gasteiger partial charge in [-0.1, -0.05) is 0 Å². The first-order chi connectivity index (χ1) is 7.42. The number of carbonyl (C=O) groups is 1. The standard InChI is InChI=1S/C9H12NO5P/c1-15-8-4-2-7(3-5-8)9(11)10-6-16(12,13)14/h2-5H,6H2,1H3,(H,10,11)(H2,12,13,14). The van der Waals surface area contributed by atoms with Crippen LogP contribution in [0.15, 0.2) is 24.3 Å². The molecular weight excluding hydrogens is 233 g/mol. The average molecular weight is 245 g/mol. The topological polar surface area (TPSA) is 95.9 Å². The largest absolute Gasteiger partial charge is 0.497 e. The van der Waals surface area contributed by atoms with Crippen molar-refractivity contribution in [3.63, 3.8) is 0 Å². The molecule has 0 aliphatic carbocycles. The van der Waals surface area contributed by atoms with Crippen LogP contribution in [0.25, 0.3) is 0 Å². The Morgan fingerprint density at radius 1 is 1.38 bits per heavy atom. The summed E-state index contributed by atoms with van der Waals surface area (Å²) in [5, 5.41) is 2.13. The lowest BCUT2D eigenvalue weighted by Gasteiger charge is -2.06. The zero-order valence-corrected chi connectivity index (χ0v) is 9.48. The number of nitrogens with one attached hydrogen (secondary N) is 1. The first-order valence-corrected chi connectivity index (χ1v) is 6.19. The zero-order valence-electron chi connectivity index (χ0n) is 8.58. The predicted molar refractivity (Wildman–Crippen MR) is 57.4 cm³/mol. The molecule has 0 saturated heterocycles. The van der Waals surface area contributed by atoms with Gasteiger partial charge in [-0.2, -0.15) is 0 Å². The van der Waals surface area contributed by atoms with E-state index in [0.29, 0.717) is 11.3 Å². The Morgan fingerprint density at radius 3 is 2.38 bits per heavy atom. The summed E-state index contributed by atoms with van der Waals surface area (Å²) >= 11 is 0. The summed E-state index contributed by atoms with van der Waals surface area (Å²) < 4.78 is 15.4. The Morgan fingerprint density at radius 2 is 1.94 bits per heavy atom. The lowest BCUT2D eigenvalue weighted by Crippen LogP contribution is -2.24. The molecule has 3 N–H and O–H groups in total. The van der Waals surface area contributed by atoms with Crippen molar-refractivity contribution in [3.8, 4) is 5.75 Å². The third kappa shape index (κ3) is 4.02. The Labute approximate surface area is 92.4 Å². The second-order valence-corrected chi connectivity index (χ2v) is 4.70. The summed E-state index contributed by atoms with van der Waals surface area (Å²) in [5.41, 5.74) is 0.314. The zero-order chi connectivity index (χ0) is 12.2. The van der Waals surface area contributed by atoms with Gasteiger partial charge >= 0.3 is 7.60 Å². The minimum atomic E-state index is -4.21. The van der Waals surface area contributed by atoms with Gasteiger partial charge in [-0.25, -0.2) is 0 Å². The summed E-state index contributed by atoms with van der Waals surface area (Å²) in [4.78, 5) is 28.5. The third-order valence-electron chi connectivity index (χ3n) is 1.80. The van der Waals surface area contributed by atoms with Gasteiger partial charge in [0.1, 0.15) is 12.0 Å². The molecule has 1 aromatic rings. The molecule has 0 bridgehead atoms. The van der Waals surface area contributed by atoms with E-state index in [2.05, 4.69) is 5.32 Å². The molecule has 0 saturated carbocycles. The Kier molecular flexibility index (Phi) is 4.06. The van der Waals surface area contributed by atoms with E-state index in [1.165, 1.54) is 19.2 Å². The van der Waals surface area contributed by atoms with Gasteiger partial charge in [0, 0.05) is 5.56 Å². The van der Waals surface area contributed by atoms with Crippen molar-refractivity contribution in [1.82, 2.24) is 5.32 Å². The van der Waals surface area contributed by atoms with E-state index in [1.54, 1.807) is 12.1 Å². The van der Waals surface area contributed by atoms with E-state index in [4.69, 9.17) is 14.5 Å². The number of methoxy groups -OCH3 is 1. The molecule has 0 spiro atoms. The molecule has 7 heteroatoms. The normalized spacial score (nSPS) is 10.9. The molecule has 0 unspecified atom stereocenters. The molecule has 0 aliphatic rings. The lowest BCUT2D eigenvalue weighted by molar-refractivity contribution is 0.0957. The van der Waals surface area contributed by atoms with Crippen LogP contribution in [0.4, 0.5) is 0 Å². The SMILES string of the molecule is COc1ccc(C(=O)NCP(=O)(O)O)cc1. The van der Waals surface area contributed by atoms with E-state index < -0.39 is 19.8 Å². The molecule has 1 rings (SSSR count). The van der Waals surface area contributed by atoms with Crippen molar-refractivity contribution in [2.24, 2.45) is 0 Å². The lowest BCUT2D eigenvalue weighted by atomic mass is 10.2. The van der Waals surface area contributed by atoms with Crippen LogP contribution >= 0.6 is 7.60 Å². The van der Waals surface area contributed by atoms with Crippen LogP contribution in [-0.4, -0.2) is 29.1 Å². The smallest absolute Gasteiger partial charge is 0.344 e. The maximum absolute atomic E-state index is 11.4. The highest BCUT2D eigenvalue weighted by Crippen LogP contribution is 2.32. The van der Waals surface area contributed by atoms with Crippen LogP contribution in [0, 0.1) is 0 Å². The van der Waals surface area contributed by atoms with Gasteiger partial charge in [-0.3, -0.25) is 9.36 Å². The molecule has 0 atom stereocenters. The number of amides is 1. The van der Waals surface area contributed by atoms with Crippen molar-refractivity contribution in [1.29, 1.82) is 0 Å². The van der Waals surface area contributed by atoms with E-state index >= 15 is 0 Å². The second kappa shape index (κ2) is 5.12. The molecule has 0 fully saturated rings. The number of ether oxygens (including phenoxy) is 1. The van der Waals surface area contributed by atoms with Crippen molar-refractivity contribution in [3.05, 3.63) is 29.8 Å². The molecule has 1 aromatic carbocycles. The number of hydrogen-bond donors (Lipinski definition) is 3. The Hall–Kier alpha value is -1.36. The summed E-state index contributed by atoms with van der Waals surface area (Å²) in [6.45, 7) is 0. The number of benzene rings is 1. The summed E-state index contributed by atoms with van der Waals surface area (Å²) in [7, 11) is -2.71. The second-order valence-electron chi connectivity index (χ2n) is 3.06. The minimum Gasteiger partial charge on any atom is -0.497 e. The molecule has 1 amide bonds. The van der Waals surface area contributed by atoms with Crippen LogP contribution in [0.1, 0.15) is 10.4 Å². The van der Waals surface area contributed by atoms with Crippen molar-refractivity contribution in [2.75, 3.05) is 13.4 Å². The highest BCUT2D eigenvalue weighted by molar-refractivity contribution is 7.51. The van der Waals surface area contributed by atoms with Crippen molar-refractivity contribution < 1.29 is 23.9 Å². The van der Waals surface area contributed by atoms with E-state index in [-0.39, 0.29) is 0 Å². The maximum Gasteiger partial charge on any atom is 0.344 e. The monoisotopic (exact) mass is 245 g/mol. The molecule has 16 heavy (non-hydrogen) atoms. The fraction of sp³-hybridized carbons (Fsp3) is 0.222. The predicted octanol–water partition coefficient (Wildman–Crippen LogP) is 0.560. The summed E-state index contributed by atoms with van der Waals surface area (Å²) in [6.07, 6.45) is -0.669. The minimum absolute atomic E-state index is 0.314. The van der Waals surface area contributed by atoms with Gasteiger partial charge < -0.3 is 19.8 Å². The maximum atomic E-state index is 11.4. The van der Waals surface area contributed by atoms with Gasteiger partial charge in [0.25, 0.3) is 5.91 Å². The number of carbonyl (C=O) groups excluding carboxylic acids is 1. The quantitative estimate of drug-likeness (QED) is 0.673. The van der Waals surface area contributed by atoms with Gasteiger partial charge in [-0.15, -0.1) is 0 Å². The van der Waals surface area contributed by atoms with Crippen LogP contribution < -0.4 is 10.1 Å². The fourth-order valence-electron chi connectivity index (χ4n) is 1.02. The summed E-state index contributed by atoms with van der Waals surface area (Å²) in [6, 6.07) is 6.19. The third-order valence-corrected chi connectivity index (χ3v) is 2.37. The highest BCUT2D eigenvalue weighted by Gasteiger charge is 2.15. The van der Waals surface area contributed by atoms with Crippen molar-refractivity contribution in [2.45, 2.75) is 0 Å². The van der Waals surface area contributed by atoms with E-state index in [0.717, 1.165) is 0 Å². The van der Waals surface area contributed by atoms with Crippen molar-refractivity contribution >= 4 is 13.5 Å². The summed E-state index contributed by atoms with van der Waals surface area (Å²) in [5.74, 6) is 0.0671. The van der Waals surface area contributed by atoms with E-state index in [9.17, 15) is 9.36 Å². The average Bonchev–Trinajstić information content (AvgIpc) is 2.25. The van der Waals surface area contributed by atoms with Crippen LogP contribution in [0.5, 0.6) is 5.75 Å². The van der Waals surface area contributed by atoms with Gasteiger partial charge in [0.15, 0.2) is 0 Å².